The maximum atomic E-state index is 14.6. The number of aromatic nitrogens is 4. The molecule has 0 amide bonds. The van der Waals surface area contributed by atoms with Crippen LogP contribution in [0.1, 0.15) is 39.1 Å². The quantitative estimate of drug-likeness (QED) is 0.777. The molecule has 22 heavy (non-hydrogen) atoms. The van der Waals surface area contributed by atoms with E-state index in [0.29, 0.717) is 28.8 Å². The second-order valence-electron chi connectivity index (χ2n) is 6.42. The Morgan fingerprint density at radius 1 is 1.18 bits per heavy atom. The number of hydrogen-bond acceptors (Lipinski definition) is 3. The number of aryl methyl sites for hydroxylation is 1. The molecule has 0 fully saturated rings. The fraction of sp³-hybridized carbons (Fsp3) is 0.353. The van der Waals surface area contributed by atoms with Crippen molar-refractivity contribution in [3.05, 3.63) is 41.6 Å². The Bertz CT molecular complexity index is 817. The molecule has 1 aromatic carbocycles. The van der Waals surface area contributed by atoms with Gasteiger partial charge in [-0.05, 0) is 29.2 Å². The Labute approximate surface area is 128 Å². The lowest BCUT2D eigenvalue weighted by molar-refractivity contribution is 0.576. The molecule has 1 N–H and O–H groups in total. The first kappa shape index (κ1) is 14.6. The second-order valence-corrected chi connectivity index (χ2v) is 6.42. The Morgan fingerprint density at radius 2 is 1.95 bits per heavy atom. The van der Waals surface area contributed by atoms with Crippen molar-refractivity contribution in [1.82, 2.24) is 20.2 Å². The molecular formula is C17H19FN4. The van der Waals surface area contributed by atoms with Crippen molar-refractivity contribution < 1.29 is 4.39 Å². The van der Waals surface area contributed by atoms with Gasteiger partial charge < -0.3 is 0 Å². The molecule has 114 valence electrons. The highest BCUT2D eigenvalue weighted by Crippen LogP contribution is 2.32. The van der Waals surface area contributed by atoms with Crippen molar-refractivity contribution in [3.63, 3.8) is 0 Å². The van der Waals surface area contributed by atoms with Gasteiger partial charge in [-0.15, -0.1) is 0 Å². The first-order chi connectivity index (χ1) is 10.4. The van der Waals surface area contributed by atoms with Crippen LogP contribution in [0.25, 0.3) is 22.3 Å². The van der Waals surface area contributed by atoms with Gasteiger partial charge in [-0.2, -0.15) is 5.10 Å². The maximum Gasteiger partial charge on any atom is 0.149 e. The molecule has 0 aliphatic heterocycles. The molecule has 0 atom stereocenters. The third kappa shape index (κ3) is 2.47. The van der Waals surface area contributed by atoms with Crippen molar-refractivity contribution >= 4 is 10.9 Å². The van der Waals surface area contributed by atoms with E-state index in [1.165, 1.54) is 0 Å². The first-order valence-electron chi connectivity index (χ1n) is 7.40. The number of nitrogens with zero attached hydrogens (tertiary/aromatic N) is 3. The van der Waals surface area contributed by atoms with E-state index < -0.39 is 0 Å². The number of nitrogens with one attached hydrogen (secondary N) is 1. The van der Waals surface area contributed by atoms with Gasteiger partial charge in [-0.25, -0.2) is 14.4 Å². The average molecular weight is 298 g/mol. The highest BCUT2D eigenvalue weighted by atomic mass is 19.1. The summed E-state index contributed by atoms with van der Waals surface area (Å²) >= 11 is 0. The van der Waals surface area contributed by atoms with Gasteiger partial charge in [0.1, 0.15) is 17.2 Å². The topological polar surface area (TPSA) is 54.5 Å². The smallest absolute Gasteiger partial charge is 0.149 e. The van der Waals surface area contributed by atoms with Gasteiger partial charge in [0.25, 0.3) is 0 Å². The summed E-state index contributed by atoms with van der Waals surface area (Å²) in [5.74, 6) is 0.319. The molecule has 0 unspecified atom stereocenters. The Kier molecular flexibility index (Phi) is 3.43. The molecule has 2 aromatic heterocycles. The minimum absolute atomic E-state index is 0.149. The van der Waals surface area contributed by atoms with Crippen LogP contribution in [0.5, 0.6) is 0 Å². The summed E-state index contributed by atoms with van der Waals surface area (Å²) in [6.07, 6.45) is 2.32. The summed E-state index contributed by atoms with van der Waals surface area (Å²) in [4.78, 5) is 8.94. The molecule has 0 aliphatic carbocycles. The van der Waals surface area contributed by atoms with E-state index in [2.05, 4.69) is 40.9 Å². The molecule has 4 nitrogen and oxygen atoms in total. The summed E-state index contributed by atoms with van der Waals surface area (Å²) in [6, 6.07) is 5.39. The van der Waals surface area contributed by atoms with Crippen LogP contribution in [0.2, 0.25) is 0 Å². The molecule has 0 radical (unpaired) electrons. The maximum absolute atomic E-state index is 14.6. The number of H-pyrrole nitrogens is 1. The van der Waals surface area contributed by atoms with E-state index in [1.807, 2.05) is 19.1 Å². The van der Waals surface area contributed by atoms with E-state index in [4.69, 9.17) is 0 Å². The van der Waals surface area contributed by atoms with Crippen LogP contribution in [-0.4, -0.2) is 20.2 Å². The predicted molar refractivity (Wildman–Crippen MR) is 85.2 cm³/mol. The van der Waals surface area contributed by atoms with E-state index in [0.717, 1.165) is 11.3 Å². The number of aromatic amines is 1. The average Bonchev–Trinajstić information content (AvgIpc) is 2.99. The first-order valence-corrected chi connectivity index (χ1v) is 7.40. The van der Waals surface area contributed by atoms with Crippen molar-refractivity contribution in [2.24, 2.45) is 0 Å². The van der Waals surface area contributed by atoms with E-state index >= 15 is 0 Å². The van der Waals surface area contributed by atoms with E-state index in [9.17, 15) is 4.39 Å². The van der Waals surface area contributed by atoms with Crippen LogP contribution in [0.15, 0.2) is 24.4 Å². The molecule has 3 aromatic rings. The monoisotopic (exact) mass is 298 g/mol. The third-order valence-electron chi connectivity index (χ3n) is 3.74. The Morgan fingerprint density at radius 3 is 2.55 bits per heavy atom. The SMILES string of the molecule is CCc1nc(-c2ccn[nH]2)c2cc(C(C)(C)C)cc(F)c2n1. The van der Waals surface area contributed by atoms with Crippen LogP contribution in [0.3, 0.4) is 0 Å². The van der Waals surface area contributed by atoms with Crippen molar-refractivity contribution in [2.45, 2.75) is 39.5 Å². The minimum atomic E-state index is -0.305. The lowest BCUT2D eigenvalue weighted by Crippen LogP contribution is -2.12. The molecule has 5 heteroatoms. The standard InChI is InChI=1S/C17H19FN4/c1-5-14-20-15-11(16(21-14)13-6-7-19-22-13)8-10(9-12(15)18)17(2,3)4/h6-9H,5H2,1-4H3,(H,19,22). The van der Waals surface area contributed by atoms with Gasteiger partial charge >= 0.3 is 0 Å². The van der Waals surface area contributed by atoms with Crippen molar-refractivity contribution in [3.8, 4) is 11.4 Å². The third-order valence-corrected chi connectivity index (χ3v) is 3.74. The summed E-state index contributed by atoms with van der Waals surface area (Å²) < 4.78 is 14.6. The van der Waals surface area contributed by atoms with Crippen molar-refractivity contribution in [2.75, 3.05) is 0 Å². The number of halogens is 1. The van der Waals surface area contributed by atoms with Gasteiger partial charge in [0.15, 0.2) is 0 Å². The normalized spacial score (nSPS) is 12.0. The van der Waals surface area contributed by atoms with E-state index in [1.54, 1.807) is 12.3 Å². The summed E-state index contributed by atoms with van der Waals surface area (Å²) in [5, 5.41) is 7.60. The van der Waals surface area contributed by atoms with Crippen molar-refractivity contribution in [1.29, 1.82) is 0 Å². The second kappa shape index (κ2) is 5.16. The summed E-state index contributed by atoms with van der Waals surface area (Å²) in [6.45, 7) is 8.14. The largest absolute Gasteiger partial charge is 0.276 e. The van der Waals surface area contributed by atoms with Gasteiger partial charge in [0, 0.05) is 18.0 Å². The fourth-order valence-corrected chi connectivity index (χ4v) is 2.42. The van der Waals surface area contributed by atoms with Crippen LogP contribution in [0, 0.1) is 5.82 Å². The molecule has 0 saturated heterocycles. The van der Waals surface area contributed by atoms with Gasteiger partial charge in [-0.3, -0.25) is 5.10 Å². The van der Waals surface area contributed by atoms with Gasteiger partial charge in [0.05, 0.1) is 11.4 Å². The van der Waals surface area contributed by atoms with Crippen LogP contribution in [-0.2, 0) is 11.8 Å². The highest BCUT2D eigenvalue weighted by molar-refractivity contribution is 5.92. The lowest BCUT2D eigenvalue weighted by Gasteiger charge is -2.20. The van der Waals surface area contributed by atoms with E-state index in [-0.39, 0.29) is 11.2 Å². The lowest BCUT2D eigenvalue weighted by atomic mass is 9.86. The molecular weight excluding hydrogens is 279 g/mol. The number of benzene rings is 1. The molecule has 0 spiro atoms. The van der Waals surface area contributed by atoms with Crippen LogP contribution >= 0.6 is 0 Å². The van der Waals surface area contributed by atoms with Gasteiger partial charge in [0.2, 0.25) is 0 Å². The molecule has 3 rings (SSSR count). The summed E-state index contributed by atoms with van der Waals surface area (Å²) in [5.41, 5.74) is 2.61. The minimum Gasteiger partial charge on any atom is -0.276 e. The zero-order chi connectivity index (χ0) is 15.9. The molecule has 0 aliphatic rings. The fourth-order valence-electron chi connectivity index (χ4n) is 2.42. The predicted octanol–water partition coefficient (Wildman–Crippen LogP) is 4.02. The Hall–Kier alpha value is -2.30. The summed E-state index contributed by atoms with van der Waals surface area (Å²) in [7, 11) is 0. The Balaban J connectivity index is 2.39. The number of rotatable bonds is 2. The zero-order valence-corrected chi connectivity index (χ0v) is 13.2. The van der Waals surface area contributed by atoms with Crippen LogP contribution in [0.4, 0.5) is 4.39 Å². The highest BCUT2D eigenvalue weighted by Gasteiger charge is 2.20. The van der Waals surface area contributed by atoms with Gasteiger partial charge in [-0.1, -0.05) is 27.7 Å². The number of fused-ring (bicyclic) bond motifs is 1. The zero-order valence-electron chi connectivity index (χ0n) is 13.2. The molecule has 2 heterocycles. The molecule has 0 saturated carbocycles. The number of hydrogen-bond donors (Lipinski definition) is 1. The molecule has 0 bridgehead atoms. The van der Waals surface area contributed by atoms with Crippen LogP contribution < -0.4 is 0 Å².